The molecule has 5 aromatic rings. The smallest absolute Gasteiger partial charge is 0.327 e. The summed E-state index contributed by atoms with van der Waals surface area (Å²) in [5.74, 6) is -14.4. The van der Waals surface area contributed by atoms with E-state index in [2.05, 4.69) is 84.7 Å². The largest absolute Gasteiger partial charge is 0.481 e. The maximum absolute atomic E-state index is 14.3. The quantitative estimate of drug-likeness (QED) is 0.0181. The summed E-state index contributed by atoms with van der Waals surface area (Å²) in [5, 5.41) is 46.8. The Hall–Kier alpha value is -9.66. The Kier molecular flexibility index (Phi) is 22.4. The predicted molar refractivity (Wildman–Crippen MR) is 290 cm³/mol. The number of thiol groups is 1. The van der Waals surface area contributed by atoms with Crippen LogP contribution in [-0.2, 0) is 83.2 Å². The first-order valence-corrected chi connectivity index (χ1v) is 26.4. The maximum atomic E-state index is 14.3. The normalized spacial score (nSPS) is 15.9. The third-order valence-electron chi connectivity index (χ3n) is 13.2. The summed E-state index contributed by atoms with van der Waals surface area (Å²) in [5.41, 5.74) is 14.0. The average molecular weight is 1170 g/mol. The Morgan fingerprint density at radius 1 is 0.602 bits per heavy atom. The molecule has 0 spiro atoms. The highest BCUT2D eigenvalue weighted by Crippen LogP contribution is 2.22. The van der Waals surface area contributed by atoms with E-state index in [9.17, 15) is 72.9 Å². The molecule has 83 heavy (non-hydrogen) atoms. The van der Waals surface area contributed by atoms with Crippen LogP contribution in [0.1, 0.15) is 61.2 Å². The van der Waals surface area contributed by atoms with Gasteiger partial charge in [0.1, 0.15) is 48.3 Å². The van der Waals surface area contributed by atoms with E-state index in [1.54, 1.807) is 30.5 Å². The highest BCUT2D eigenvalue weighted by molar-refractivity contribution is 7.80. The van der Waals surface area contributed by atoms with Gasteiger partial charge in [0.15, 0.2) is 0 Å². The van der Waals surface area contributed by atoms with E-state index in [4.69, 9.17) is 11.5 Å². The number of carboxylic acids is 3. The number of para-hydroxylation sites is 1. The topological polar surface area (TPSA) is 507 Å². The fourth-order valence-electron chi connectivity index (χ4n) is 9.02. The lowest BCUT2D eigenvalue weighted by atomic mass is 10.0. The van der Waals surface area contributed by atoms with E-state index in [0.29, 0.717) is 27.9 Å². The van der Waals surface area contributed by atoms with Gasteiger partial charge in [0.25, 0.3) is 0 Å². The molecule has 1 aliphatic heterocycles. The van der Waals surface area contributed by atoms with Gasteiger partial charge in [-0.2, -0.15) is 12.6 Å². The summed E-state index contributed by atoms with van der Waals surface area (Å²) in [4.78, 5) is 185. The summed E-state index contributed by atoms with van der Waals surface area (Å²) in [6.07, 6.45) is 5.87. The zero-order valence-corrected chi connectivity index (χ0v) is 45.1. The van der Waals surface area contributed by atoms with Gasteiger partial charge < -0.3 is 88.8 Å². The number of primary amides is 1. The number of carbonyl (C=O) groups excluding carboxylic acids is 9. The zero-order valence-electron chi connectivity index (χ0n) is 44.2. The summed E-state index contributed by atoms with van der Waals surface area (Å²) < 4.78 is 0. The number of hydrogen-bond acceptors (Lipinski definition) is 17. The number of hydrogen-bond donors (Lipinski definition) is 17. The molecule has 1 aliphatic rings. The van der Waals surface area contributed by atoms with Crippen LogP contribution >= 0.6 is 12.6 Å². The molecule has 6 rings (SSSR count). The molecule has 0 saturated carbocycles. The van der Waals surface area contributed by atoms with Gasteiger partial charge in [-0.3, -0.25) is 52.7 Å². The number of fused-ring (bicyclic) bond motifs is 1. The Morgan fingerprint density at radius 2 is 1.08 bits per heavy atom. The highest BCUT2D eigenvalue weighted by atomic mass is 32.1. The van der Waals surface area contributed by atoms with Crippen molar-refractivity contribution in [3.8, 4) is 0 Å². The SMILES string of the molecule is NC(=O)CC[C@H](NC(=O)[C@H](CC(=O)O)NC(=O)[C@@H]1CCCN1C(=O)[C@H](Cc1cnc[nH]1)NC(=O)[C@@H](N)Cc1cnc[nH]1)C(=O)N[C@@H](CC(=O)O)C(=O)N[C@@H](Cc1cnc[nH]1)C(=O)N[C@@H](Cc1c[nH]c2ccccc12)C(=O)N[C@@H](CS)C(=O)O. The molecule has 4 aromatic heterocycles. The van der Waals surface area contributed by atoms with Crippen molar-refractivity contribution in [1.82, 2.24) is 77.0 Å². The van der Waals surface area contributed by atoms with Crippen LogP contribution in [0.15, 0.2) is 68.0 Å². The molecule has 1 saturated heterocycles. The lowest BCUT2D eigenvalue weighted by molar-refractivity contribution is -0.144. The van der Waals surface area contributed by atoms with Crippen molar-refractivity contribution in [3.63, 3.8) is 0 Å². The van der Waals surface area contributed by atoms with Crippen molar-refractivity contribution in [2.24, 2.45) is 11.5 Å². The summed E-state index contributed by atoms with van der Waals surface area (Å²) in [6.45, 7) is -0.00747. The average Bonchev–Trinajstić information content (AvgIpc) is 4.51. The molecule has 0 bridgehead atoms. The van der Waals surface area contributed by atoms with Crippen LogP contribution in [0.2, 0.25) is 0 Å². The number of likely N-dealkylation sites (tertiary alicyclic amines) is 1. The minimum absolute atomic E-state index is 0.00747. The summed E-state index contributed by atoms with van der Waals surface area (Å²) in [7, 11) is 0. The number of amides is 9. The molecule has 0 radical (unpaired) electrons. The van der Waals surface area contributed by atoms with E-state index in [-0.39, 0.29) is 56.5 Å². The lowest BCUT2D eigenvalue weighted by Gasteiger charge is -2.30. The lowest BCUT2D eigenvalue weighted by Crippen LogP contribution is -2.61. The van der Waals surface area contributed by atoms with Gasteiger partial charge in [-0.05, 0) is 30.9 Å². The van der Waals surface area contributed by atoms with Crippen LogP contribution in [0.3, 0.4) is 0 Å². The minimum atomic E-state index is -2.06. The Morgan fingerprint density at radius 3 is 1.63 bits per heavy atom. The van der Waals surface area contributed by atoms with Crippen LogP contribution in [0.5, 0.6) is 0 Å². The molecule has 0 unspecified atom stereocenters. The van der Waals surface area contributed by atoms with E-state index in [1.165, 1.54) is 37.6 Å². The van der Waals surface area contributed by atoms with Crippen molar-refractivity contribution in [2.75, 3.05) is 12.3 Å². The van der Waals surface area contributed by atoms with Crippen molar-refractivity contribution >= 4 is 94.6 Å². The van der Waals surface area contributed by atoms with Gasteiger partial charge in [-0.15, -0.1) is 0 Å². The van der Waals surface area contributed by atoms with Crippen LogP contribution in [0, 0.1) is 0 Å². The molecule has 1 aromatic carbocycles. The number of benzene rings is 1. The van der Waals surface area contributed by atoms with E-state index >= 15 is 0 Å². The summed E-state index contributed by atoms with van der Waals surface area (Å²) >= 11 is 4.01. The van der Waals surface area contributed by atoms with Crippen LogP contribution < -0.4 is 48.7 Å². The van der Waals surface area contributed by atoms with Crippen LogP contribution in [-0.4, -0.2) is 193 Å². The molecule has 0 aliphatic carbocycles. The van der Waals surface area contributed by atoms with Crippen LogP contribution in [0.4, 0.5) is 0 Å². The predicted octanol–water partition coefficient (Wildman–Crippen LogP) is -4.45. The fraction of sp³-hybridized carbons (Fsp3) is 0.420. The molecule has 5 heterocycles. The molecule has 9 atom stereocenters. The van der Waals surface area contributed by atoms with Crippen molar-refractivity contribution < 1.29 is 72.9 Å². The van der Waals surface area contributed by atoms with Gasteiger partial charge in [-0.1, -0.05) is 18.2 Å². The number of aliphatic carboxylic acids is 3. The number of H-pyrrole nitrogens is 4. The number of carboxylic acid groups (broad SMARTS) is 3. The number of nitrogens with two attached hydrogens (primary N) is 2. The third kappa shape index (κ3) is 18.2. The first kappa shape index (κ1) is 62.5. The molecule has 33 heteroatoms. The van der Waals surface area contributed by atoms with Crippen molar-refractivity contribution in [3.05, 3.63) is 90.7 Å². The van der Waals surface area contributed by atoms with E-state index < -0.39 is 151 Å². The second-order valence-corrected chi connectivity index (χ2v) is 19.7. The monoisotopic (exact) mass is 1170 g/mol. The van der Waals surface area contributed by atoms with Gasteiger partial charge >= 0.3 is 17.9 Å². The Labute approximate surface area is 476 Å². The molecular formula is C50H63N17O15S. The number of nitrogens with one attached hydrogen (secondary N) is 11. The van der Waals surface area contributed by atoms with Gasteiger partial charge in [0.2, 0.25) is 53.2 Å². The molecule has 444 valence electrons. The Balaban J connectivity index is 1.18. The Bertz CT molecular complexity index is 3120. The van der Waals surface area contributed by atoms with Crippen LogP contribution in [0.25, 0.3) is 10.9 Å². The van der Waals surface area contributed by atoms with Crippen molar-refractivity contribution in [1.29, 1.82) is 0 Å². The second kappa shape index (κ2) is 29.7. The number of imidazole rings is 3. The minimum Gasteiger partial charge on any atom is -0.481 e. The number of carbonyl (C=O) groups is 12. The number of rotatable bonds is 32. The molecule has 1 fully saturated rings. The first-order chi connectivity index (χ1) is 39.6. The third-order valence-corrected chi connectivity index (χ3v) is 13.6. The maximum Gasteiger partial charge on any atom is 0.327 e. The molecule has 32 nitrogen and oxygen atoms in total. The van der Waals surface area contributed by atoms with Gasteiger partial charge in [-0.25, -0.2) is 19.7 Å². The van der Waals surface area contributed by atoms with Gasteiger partial charge in [0, 0.05) is 97.2 Å². The van der Waals surface area contributed by atoms with Crippen molar-refractivity contribution in [2.45, 2.75) is 119 Å². The molecule has 9 amide bonds. The summed E-state index contributed by atoms with van der Waals surface area (Å²) in [6, 6.07) is -7.36. The fourth-order valence-corrected chi connectivity index (χ4v) is 9.27. The molecular weight excluding hydrogens is 1110 g/mol. The van der Waals surface area contributed by atoms with E-state index in [0.717, 1.165) is 4.90 Å². The number of aromatic amines is 4. The zero-order chi connectivity index (χ0) is 60.3. The van der Waals surface area contributed by atoms with Gasteiger partial charge in [0.05, 0.1) is 37.9 Å². The van der Waals surface area contributed by atoms with E-state index in [1.807, 2.05) is 0 Å². The number of nitrogens with zero attached hydrogens (tertiary/aromatic N) is 4. The number of aromatic nitrogens is 7. The first-order valence-electron chi connectivity index (χ1n) is 25.8. The second-order valence-electron chi connectivity index (χ2n) is 19.4. The molecule has 18 N–H and O–H groups in total. The standard InChI is InChI=1S/C50H63N17O15S/c51-29(11-25-17-53-21-57-25)42(73)65-36(13-27-19-55-23-59-27)49(80)67-9-3-6-38(67)48(79)64-35(15-41(71)72)46(77)60-31(7-8-39(52)68)43(74)63-34(14-40(69)70)47(78)62-33(12-26-18-54-22-58-26)45(76)61-32(44(75)66-37(20-83)50(81)82)10-24-16-56-30-5-2-1-4-28(24)30/h1-2,4-5,16-19,21-23,29,31-38,56,83H,3,6-15,20,51H2,(H2,52,68)(H,53,57)(H,54,58)(H,55,59)(H,60,77)(H,61,76)(H,62,78)(H,63,74)(H,64,79)(H,65,73)(H,66,75)(H,69,70)(H,71,72)(H,81,82)/t29-,31-,32-,33-,34-,35-,36-,37-,38-/m0/s1. The highest BCUT2D eigenvalue weighted by Gasteiger charge is 2.41.